The molecule has 3 rings (SSSR count). The van der Waals surface area contributed by atoms with Crippen molar-refractivity contribution in [3.63, 3.8) is 0 Å². The maximum atomic E-state index is 9.67. The number of hydrogen-bond acceptors (Lipinski definition) is 2. The highest BCUT2D eigenvalue weighted by molar-refractivity contribution is 9.10. The normalized spacial score (nSPS) is 11.2. The molecule has 140 valence electrons. The zero-order chi connectivity index (χ0) is 20.1. The Morgan fingerprint density at radius 2 is 1.82 bits per heavy atom. The Balaban J connectivity index is 1.93. The molecule has 0 spiro atoms. The molecule has 0 atom stereocenters. The van der Waals surface area contributed by atoms with E-state index in [0.29, 0.717) is 33.5 Å². The maximum Gasteiger partial charge on any atom is 0.127 e. The zero-order valence-electron chi connectivity index (χ0n) is 15.0. The Morgan fingerprint density at radius 1 is 1.07 bits per heavy atom. The van der Waals surface area contributed by atoms with Crippen LogP contribution in [0.25, 0.3) is 11.6 Å². The van der Waals surface area contributed by atoms with Gasteiger partial charge in [0.2, 0.25) is 0 Å². The summed E-state index contributed by atoms with van der Waals surface area (Å²) < 4.78 is 6.91. The lowest BCUT2D eigenvalue weighted by atomic mass is 10.0. The molecule has 3 aromatic rings. The lowest BCUT2D eigenvalue weighted by Crippen LogP contribution is -1.97. The number of aryl methyl sites for hydroxylation is 1. The molecule has 0 saturated carbocycles. The highest BCUT2D eigenvalue weighted by Gasteiger charge is 2.10. The van der Waals surface area contributed by atoms with Crippen LogP contribution in [0, 0.1) is 18.3 Å². The fourth-order valence-corrected chi connectivity index (χ4v) is 3.53. The largest absolute Gasteiger partial charge is 0.488 e. The van der Waals surface area contributed by atoms with E-state index in [1.165, 1.54) is 5.56 Å². The summed E-state index contributed by atoms with van der Waals surface area (Å²) in [5.41, 5.74) is 4.11. The van der Waals surface area contributed by atoms with Crippen LogP contribution in [0.5, 0.6) is 5.75 Å². The first-order valence-corrected chi connectivity index (χ1v) is 10.1. The molecule has 2 nitrogen and oxygen atoms in total. The molecule has 3 aromatic carbocycles. The second kappa shape index (κ2) is 9.30. The summed E-state index contributed by atoms with van der Waals surface area (Å²) in [6, 6.07) is 21.2. The molecular weight excluding hydrogens is 457 g/mol. The van der Waals surface area contributed by atoms with Crippen LogP contribution in [0.2, 0.25) is 10.0 Å². The average molecular weight is 473 g/mol. The van der Waals surface area contributed by atoms with Crippen molar-refractivity contribution in [2.45, 2.75) is 13.5 Å². The summed E-state index contributed by atoms with van der Waals surface area (Å²) >= 11 is 15.7. The first-order chi connectivity index (χ1) is 13.5. The van der Waals surface area contributed by atoms with E-state index < -0.39 is 0 Å². The van der Waals surface area contributed by atoms with E-state index in [4.69, 9.17) is 27.9 Å². The predicted octanol–water partition coefficient (Wildman–Crippen LogP) is 7.71. The predicted molar refractivity (Wildman–Crippen MR) is 120 cm³/mol. The smallest absolute Gasteiger partial charge is 0.127 e. The van der Waals surface area contributed by atoms with E-state index in [2.05, 4.69) is 34.1 Å². The summed E-state index contributed by atoms with van der Waals surface area (Å²) in [5.74, 6) is 0.682. The van der Waals surface area contributed by atoms with Crippen LogP contribution >= 0.6 is 39.1 Å². The van der Waals surface area contributed by atoms with Crippen molar-refractivity contribution in [2.75, 3.05) is 0 Å². The highest BCUT2D eigenvalue weighted by Crippen LogP contribution is 2.32. The van der Waals surface area contributed by atoms with Gasteiger partial charge in [-0.3, -0.25) is 0 Å². The molecule has 0 aromatic heterocycles. The zero-order valence-corrected chi connectivity index (χ0v) is 18.1. The number of nitrogens with zero attached hydrogens (tertiary/aromatic N) is 1. The third kappa shape index (κ3) is 5.17. The molecule has 0 aliphatic rings. The van der Waals surface area contributed by atoms with E-state index in [1.54, 1.807) is 24.3 Å². The number of rotatable bonds is 5. The van der Waals surface area contributed by atoms with Gasteiger partial charge < -0.3 is 4.74 Å². The lowest BCUT2D eigenvalue weighted by molar-refractivity contribution is 0.305. The Labute approximate surface area is 183 Å². The van der Waals surface area contributed by atoms with Crippen molar-refractivity contribution in [3.05, 3.63) is 97.4 Å². The summed E-state index contributed by atoms with van der Waals surface area (Å²) in [7, 11) is 0. The topological polar surface area (TPSA) is 33.0 Å². The molecule has 0 aliphatic heterocycles. The first-order valence-electron chi connectivity index (χ1n) is 8.51. The van der Waals surface area contributed by atoms with E-state index in [9.17, 15) is 5.26 Å². The minimum absolute atomic E-state index is 0.428. The van der Waals surface area contributed by atoms with Crippen LogP contribution in [-0.4, -0.2) is 0 Å². The Bertz CT molecular complexity index is 1070. The number of allylic oxidation sites excluding steroid dienone is 1. The third-order valence-electron chi connectivity index (χ3n) is 4.13. The highest BCUT2D eigenvalue weighted by atomic mass is 79.9. The van der Waals surface area contributed by atoms with Crippen LogP contribution < -0.4 is 4.74 Å². The number of halogens is 3. The first kappa shape index (κ1) is 20.5. The fraction of sp³-hybridized carbons (Fsp3) is 0.0870. The minimum atomic E-state index is 0.428. The van der Waals surface area contributed by atoms with Gasteiger partial charge >= 0.3 is 0 Å². The molecule has 0 aliphatic carbocycles. The van der Waals surface area contributed by atoms with Crippen molar-refractivity contribution in [1.82, 2.24) is 0 Å². The standard InChI is InChI=1S/C23H16BrCl2NO/c1-15-2-4-16(5-3-15)14-28-23-9-6-19(24)11-17(23)10-18(13-27)21-8-7-20(25)12-22(21)26/h2-12H,14H2,1H3/b18-10+. The maximum absolute atomic E-state index is 9.67. The van der Waals surface area contributed by atoms with Gasteiger partial charge in [-0.15, -0.1) is 0 Å². The van der Waals surface area contributed by atoms with Gasteiger partial charge in [-0.2, -0.15) is 5.26 Å². The van der Waals surface area contributed by atoms with Crippen LogP contribution in [0.4, 0.5) is 0 Å². The van der Waals surface area contributed by atoms with Crippen LogP contribution in [0.1, 0.15) is 22.3 Å². The van der Waals surface area contributed by atoms with Crippen molar-refractivity contribution >= 4 is 50.8 Å². The Morgan fingerprint density at radius 3 is 2.50 bits per heavy atom. The van der Waals surface area contributed by atoms with Gasteiger partial charge in [-0.25, -0.2) is 0 Å². The van der Waals surface area contributed by atoms with Crippen molar-refractivity contribution < 1.29 is 4.74 Å². The van der Waals surface area contributed by atoms with Gasteiger partial charge in [0, 0.05) is 20.6 Å². The van der Waals surface area contributed by atoms with Gasteiger partial charge in [0.15, 0.2) is 0 Å². The molecular formula is C23H16BrCl2NO. The second-order valence-corrected chi connectivity index (χ2v) is 8.01. The van der Waals surface area contributed by atoms with Crippen LogP contribution in [0.3, 0.4) is 0 Å². The summed E-state index contributed by atoms with van der Waals surface area (Å²) in [4.78, 5) is 0. The molecule has 0 radical (unpaired) electrons. The third-order valence-corrected chi connectivity index (χ3v) is 5.17. The molecule has 0 N–H and O–H groups in total. The van der Waals surface area contributed by atoms with E-state index in [0.717, 1.165) is 15.6 Å². The lowest BCUT2D eigenvalue weighted by Gasteiger charge is -2.11. The average Bonchev–Trinajstić information content (AvgIpc) is 2.67. The summed E-state index contributed by atoms with van der Waals surface area (Å²) in [5, 5.41) is 10.6. The molecule has 0 amide bonds. The van der Waals surface area contributed by atoms with Crippen molar-refractivity contribution in [2.24, 2.45) is 0 Å². The van der Waals surface area contributed by atoms with Gasteiger partial charge in [-0.05, 0) is 48.9 Å². The monoisotopic (exact) mass is 471 g/mol. The number of hydrogen-bond donors (Lipinski definition) is 0. The molecule has 0 bridgehead atoms. The van der Waals surface area contributed by atoms with Crippen molar-refractivity contribution in [1.29, 1.82) is 5.26 Å². The van der Waals surface area contributed by atoms with E-state index >= 15 is 0 Å². The van der Waals surface area contributed by atoms with Crippen LogP contribution in [0.15, 0.2) is 65.1 Å². The van der Waals surface area contributed by atoms with Gasteiger partial charge in [0.05, 0.1) is 16.7 Å². The van der Waals surface area contributed by atoms with Crippen LogP contribution in [-0.2, 0) is 6.61 Å². The number of nitriles is 1. The number of ether oxygens (including phenoxy) is 1. The summed E-state index contributed by atoms with van der Waals surface area (Å²) in [6.45, 7) is 2.49. The van der Waals surface area contributed by atoms with Gasteiger partial charge in [-0.1, -0.05) is 75.0 Å². The molecule has 0 unspecified atom stereocenters. The molecule has 0 saturated heterocycles. The molecule has 5 heteroatoms. The van der Waals surface area contributed by atoms with Gasteiger partial charge in [0.1, 0.15) is 12.4 Å². The SMILES string of the molecule is Cc1ccc(COc2ccc(Br)cc2/C=C(\C#N)c2ccc(Cl)cc2Cl)cc1. The Kier molecular flexibility index (Phi) is 6.80. The van der Waals surface area contributed by atoms with E-state index in [-0.39, 0.29) is 0 Å². The number of benzene rings is 3. The summed E-state index contributed by atoms with van der Waals surface area (Å²) in [6.07, 6.45) is 1.77. The minimum Gasteiger partial charge on any atom is -0.488 e. The molecule has 28 heavy (non-hydrogen) atoms. The van der Waals surface area contributed by atoms with E-state index in [1.807, 2.05) is 37.3 Å². The van der Waals surface area contributed by atoms with Crippen molar-refractivity contribution in [3.8, 4) is 11.8 Å². The molecule has 0 fully saturated rings. The molecule has 0 heterocycles. The van der Waals surface area contributed by atoms with Gasteiger partial charge in [0.25, 0.3) is 0 Å². The fourth-order valence-electron chi connectivity index (χ4n) is 2.64. The Hall–Kier alpha value is -2.25. The second-order valence-electron chi connectivity index (χ2n) is 6.25. The quantitative estimate of drug-likeness (QED) is 0.281.